The lowest BCUT2D eigenvalue weighted by atomic mass is 9.60. The third kappa shape index (κ3) is 4.73. The van der Waals surface area contributed by atoms with Crippen molar-refractivity contribution in [3.63, 3.8) is 0 Å². The van der Waals surface area contributed by atoms with Crippen molar-refractivity contribution in [2.45, 2.75) is 70.4 Å². The van der Waals surface area contributed by atoms with Crippen LogP contribution in [-0.2, 0) is 12.0 Å². The fourth-order valence-electron chi connectivity index (χ4n) is 4.74. The number of rotatable bonds is 10. The highest BCUT2D eigenvalue weighted by Crippen LogP contribution is 2.48. The highest BCUT2D eigenvalue weighted by molar-refractivity contribution is 5.37. The molecule has 0 aromatic heterocycles. The highest BCUT2D eigenvalue weighted by Gasteiger charge is 2.47. The van der Waals surface area contributed by atoms with Gasteiger partial charge in [-0.1, -0.05) is 49.7 Å². The second-order valence-corrected chi connectivity index (χ2v) is 8.65. The van der Waals surface area contributed by atoms with Gasteiger partial charge in [0.05, 0.1) is 11.5 Å². The molecule has 0 saturated heterocycles. The summed E-state index contributed by atoms with van der Waals surface area (Å²) in [7, 11) is 0. The van der Waals surface area contributed by atoms with Crippen molar-refractivity contribution in [1.82, 2.24) is 4.90 Å². The molecule has 1 saturated carbocycles. The maximum atomic E-state index is 14.7. The van der Waals surface area contributed by atoms with Crippen molar-refractivity contribution in [2.75, 3.05) is 6.54 Å². The quantitative estimate of drug-likeness (QED) is 0.441. The zero-order valence-electron chi connectivity index (χ0n) is 18.1. The monoisotopic (exact) mass is 410 g/mol. The van der Waals surface area contributed by atoms with E-state index in [9.17, 15) is 14.0 Å². The fourth-order valence-corrected chi connectivity index (χ4v) is 4.74. The molecule has 0 bridgehead atoms. The summed E-state index contributed by atoms with van der Waals surface area (Å²) in [5, 5.41) is 10.2. The summed E-state index contributed by atoms with van der Waals surface area (Å²) in [5.74, 6) is -1.16. The lowest BCUT2D eigenvalue weighted by Crippen LogP contribution is -2.42. The van der Waals surface area contributed by atoms with Gasteiger partial charge in [0.15, 0.2) is 0 Å². The van der Waals surface area contributed by atoms with E-state index in [1.807, 2.05) is 18.2 Å². The van der Waals surface area contributed by atoms with Gasteiger partial charge < -0.3 is 0 Å². The molecule has 0 aliphatic heterocycles. The number of hydrogen-bond donors (Lipinski definition) is 0. The first-order chi connectivity index (χ1) is 14.5. The summed E-state index contributed by atoms with van der Waals surface area (Å²) in [6.07, 6.45) is 4.98. The van der Waals surface area contributed by atoms with Crippen LogP contribution in [0.15, 0.2) is 48.5 Å². The Morgan fingerprint density at radius 2 is 1.77 bits per heavy atom. The molecular formula is C26H32F2N2. The average Bonchev–Trinajstić information content (AvgIpc) is 2.70. The summed E-state index contributed by atoms with van der Waals surface area (Å²) < 4.78 is 29.5. The summed E-state index contributed by atoms with van der Waals surface area (Å²) >= 11 is 0. The Hall–Kier alpha value is -2.25. The van der Waals surface area contributed by atoms with Gasteiger partial charge in [0.2, 0.25) is 0 Å². The fraction of sp³-hybridized carbons (Fsp3) is 0.500. The van der Waals surface area contributed by atoms with E-state index in [1.165, 1.54) is 23.8 Å². The van der Waals surface area contributed by atoms with Gasteiger partial charge in [-0.05, 0) is 69.2 Å². The van der Waals surface area contributed by atoms with E-state index in [1.54, 1.807) is 0 Å². The van der Waals surface area contributed by atoms with Gasteiger partial charge in [-0.15, -0.1) is 0 Å². The molecule has 0 amide bonds. The standard InChI is InChI=1S/C26H32F2N2/c1-3-17-30(18-21-9-5-4-6-10-21)20(2)15-16-26(19-29,22-11-7-12-22)25-23(27)13-8-14-24(25)28/h4-6,8-10,13-14,20,22H,3,7,11-12,15-18H2,1-2H3. The molecule has 0 N–H and O–H groups in total. The molecule has 0 heterocycles. The number of halogens is 2. The molecule has 0 spiro atoms. The van der Waals surface area contributed by atoms with Crippen molar-refractivity contribution in [2.24, 2.45) is 5.92 Å². The van der Waals surface area contributed by atoms with E-state index in [2.05, 4.69) is 36.9 Å². The first-order valence-electron chi connectivity index (χ1n) is 11.2. The van der Waals surface area contributed by atoms with Crippen molar-refractivity contribution in [3.05, 3.63) is 71.3 Å². The second-order valence-electron chi connectivity index (χ2n) is 8.65. The van der Waals surface area contributed by atoms with Gasteiger partial charge in [-0.2, -0.15) is 5.26 Å². The van der Waals surface area contributed by atoms with E-state index in [0.717, 1.165) is 45.2 Å². The number of nitrogens with zero attached hydrogens (tertiary/aromatic N) is 2. The van der Waals surface area contributed by atoms with Gasteiger partial charge in [0.25, 0.3) is 0 Å². The van der Waals surface area contributed by atoms with Crippen LogP contribution in [0.4, 0.5) is 8.78 Å². The molecule has 2 nitrogen and oxygen atoms in total. The topological polar surface area (TPSA) is 27.0 Å². The zero-order valence-corrected chi connectivity index (χ0v) is 18.1. The Balaban J connectivity index is 1.82. The van der Waals surface area contributed by atoms with Gasteiger partial charge in [-0.3, -0.25) is 4.90 Å². The first-order valence-corrected chi connectivity index (χ1v) is 11.2. The molecule has 2 atom stereocenters. The van der Waals surface area contributed by atoms with Crippen LogP contribution in [0.25, 0.3) is 0 Å². The minimum absolute atomic E-state index is 0.0190. The predicted octanol–water partition coefficient (Wildman–Crippen LogP) is 6.61. The zero-order chi connectivity index (χ0) is 21.6. The second kappa shape index (κ2) is 10.2. The maximum Gasteiger partial charge on any atom is 0.130 e. The predicted molar refractivity (Wildman–Crippen MR) is 117 cm³/mol. The van der Waals surface area contributed by atoms with E-state index in [0.29, 0.717) is 6.42 Å². The molecule has 160 valence electrons. The molecule has 0 radical (unpaired) electrons. The van der Waals surface area contributed by atoms with Gasteiger partial charge in [0, 0.05) is 18.2 Å². The van der Waals surface area contributed by atoms with Crippen LogP contribution in [0.5, 0.6) is 0 Å². The van der Waals surface area contributed by atoms with Crippen LogP contribution >= 0.6 is 0 Å². The molecular weight excluding hydrogens is 378 g/mol. The molecule has 3 rings (SSSR count). The minimum atomic E-state index is -1.09. The van der Waals surface area contributed by atoms with Crippen LogP contribution in [-0.4, -0.2) is 17.5 Å². The van der Waals surface area contributed by atoms with E-state index < -0.39 is 17.0 Å². The Morgan fingerprint density at radius 3 is 2.30 bits per heavy atom. The Kier molecular flexibility index (Phi) is 7.61. The molecule has 1 fully saturated rings. The third-order valence-corrected chi connectivity index (χ3v) is 6.73. The van der Waals surface area contributed by atoms with Crippen LogP contribution in [0.1, 0.15) is 63.5 Å². The van der Waals surface area contributed by atoms with E-state index >= 15 is 0 Å². The van der Waals surface area contributed by atoms with Crippen LogP contribution in [0.3, 0.4) is 0 Å². The van der Waals surface area contributed by atoms with Crippen molar-refractivity contribution >= 4 is 0 Å². The SMILES string of the molecule is CCCN(Cc1ccccc1)C(C)CCC(C#N)(c1c(F)cccc1F)C1CCC1. The van der Waals surface area contributed by atoms with Crippen molar-refractivity contribution in [3.8, 4) is 6.07 Å². The molecule has 2 aromatic rings. The number of benzene rings is 2. The van der Waals surface area contributed by atoms with E-state index in [4.69, 9.17) is 0 Å². The Morgan fingerprint density at radius 1 is 1.10 bits per heavy atom. The molecule has 1 aliphatic carbocycles. The summed E-state index contributed by atoms with van der Waals surface area (Å²) in [6, 6.07) is 16.9. The molecule has 30 heavy (non-hydrogen) atoms. The summed E-state index contributed by atoms with van der Waals surface area (Å²) in [5.41, 5.74) is 0.144. The van der Waals surface area contributed by atoms with Gasteiger partial charge >= 0.3 is 0 Å². The molecule has 4 heteroatoms. The third-order valence-electron chi connectivity index (χ3n) is 6.73. The Labute approximate surface area is 179 Å². The molecule has 2 unspecified atom stereocenters. The first kappa shape index (κ1) is 22.4. The number of hydrogen-bond acceptors (Lipinski definition) is 2. The van der Waals surface area contributed by atoms with Crippen molar-refractivity contribution in [1.29, 1.82) is 5.26 Å². The maximum absolute atomic E-state index is 14.7. The highest BCUT2D eigenvalue weighted by atomic mass is 19.1. The van der Waals surface area contributed by atoms with Crippen LogP contribution < -0.4 is 0 Å². The normalized spacial score (nSPS) is 17.2. The van der Waals surface area contributed by atoms with Gasteiger partial charge in [-0.25, -0.2) is 8.78 Å². The Bertz CT molecular complexity index is 837. The summed E-state index contributed by atoms with van der Waals surface area (Å²) in [4.78, 5) is 2.41. The average molecular weight is 411 g/mol. The number of nitriles is 1. The molecule has 2 aromatic carbocycles. The summed E-state index contributed by atoms with van der Waals surface area (Å²) in [6.45, 7) is 6.12. The largest absolute Gasteiger partial charge is 0.296 e. The van der Waals surface area contributed by atoms with Crippen molar-refractivity contribution < 1.29 is 8.78 Å². The van der Waals surface area contributed by atoms with E-state index in [-0.39, 0.29) is 17.5 Å². The minimum Gasteiger partial charge on any atom is -0.296 e. The van der Waals surface area contributed by atoms with Gasteiger partial charge in [0.1, 0.15) is 11.6 Å². The smallest absolute Gasteiger partial charge is 0.130 e. The van der Waals surface area contributed by atoms with Crippen LogP contribution in [0.2, 0.25) is 0 Å². The lowest BCUT2D eigenvalue weighted by Gasteiger charge is -2.42. The van der Waals surface area contributed by atoms with Crippen LogP contribution in [0, 0.1) is 28.9 Å². The lowest BCUT2D eigenvalue weighted by molar-refractivity contribution is 0.149. The molecule has 1 aliphatic rings.